The van der Waals surface area contributed by atoms with Gasteiger partial charge in [0, 0.05) is 6.20 Å². The number of primary amides is 1. The molecule has 1 aromatic carbocycles. The Morgan fingerprint density at radius 2 is 2.00 bits per heavy atom. The van der Waals surface area contributed by atoms with E-state index in [0.717, 1.165) is 0 Å². The highest BCUT2D eigenvalue weighted by atomic mass is 16.4. The van der Waals surface area contributed by atoms with Gasteiger partial charge in [-0.3, -0.25) is 9.78 Å². The fraction of sp³-hybridized carbons (Fsp3) is 0. The first-order valence-corrected chi connectivity index (χ1v) is 6.09. The Bertz CT molecular complexity index is 901. The number of nitrogens with two attached hydrogens (primary N) is 1. The zero-order chi connectivity index (χ0) is 15.0. The van der Waals surface area contributed by atoms with Crippen LogP contribution >= 0.6 is 0 Å². The van der Waals surface area contributed by atoms with Gasteiger partial charge in [0.1, 0.15) is 16.9 Å². The summed E-state index contributed by atoms with van der Waals surface area (Å²) in [5.41, 5.74) is 4.87. The molecule has 0 bridgehead atoms. The first-order valence-electron chi connectivity index (χ1n) is 6.09. The van der Waals surface area contributed by atoms with E-state index in [1.807, 2.05) is 0 Å². The quantitative estimate of drug-likeness (QED) is 0.695. The van der Waals surface area contributed by atoms with Gasteiger partial charge in [-0.05, 0) is 24.3 Å². The average Bonchev–Trinajstić information content (AvgIpc) is 2.47. The zero-order valence-corrected chi connectivity index (χ0v) is 10.7. The maximum Gasteiger partial charge on any atom is 0.349 e. The van der Waals surface area contributed by atoms with Gasteiger partial charge in [-0.25, -0.2) is 4.79 Å². The maximum atomic E-state index is 12.1. The normalized spacial score (nSPS) is 10.7. The highest BCUT2D eigenvalue weighted by Crippen LogP contribution is 2.34. The van der Waals surface area contributed by atoms with Crippen molar-refractivity contribution in [3.05, 3.63) is 58.6 Å². The molecule has 0 fully saturated rings. The number of aromatic nitrogens is 1. The molecule has 0 saturated carbocycles. The van der Waals surface area contributed by atoms with Crippen molar-refractivity contribution in [1.29, 1.82) is 0 Å². The Balaban J connectivity index is 2.46. The predicted molar refractivity (Wildman–Crippen MR) is 75.9 cm³/mol. The minimum absolute atomic E-state index is 0.0749. The van der Waals surface area contributed by atoms with E-state index in [1.165, 1.54) is 24.4 Å². The third kappa shape index (κ3) is 2.02. The predicted octanol–water partition coefficient (Wildman–Crippen LogP) is 1.66. The van der Waals surface area contributed by atoms with Gasteiger partial charge in [0.15, 0.2) is 0 Å². The molecule has 0 saturated heterocycles. The first-order chi connectivity index (χ1) is 10.1. The lowest BCUT2D eigenvalue weighted by atomic mass is 10.0. The summed E-state index contributed by atoms with van der Waals surface area (Å²) in [5, 5.41) is 10.5. The van der Waals surface area contributed by atoms with Gasteiger partial charge in [-0.15, -0.1) is 0 Å². The fourth-order valence-corrected chi connectivity index (χ4v) is 2.17. The van der Waals surface area contributed by atoms with Crippen molar-refractivity contribution in [2.45, 2.75) is 0 Å². The van der Waals surface area contributed by atoms with Gasteiger partial charge >= 0.3 is 5.63 Å². The molecule has 0 aliphatic heterocycles. The van der Waals surface area contributed by atoms with E-state index >= 15 is 0 Å². The van der Waals surface area contributed by atoms with Gasteiger partial charge in [-0.1, -0.05) is 12.1 Å². The van der Waals surface area contributed by atoms with E-state index in [4.69, 9.17) is 10.2 Å². The lowest BCUT2D eigenvalue weighted by molar-refractivity contribution is 0.100. The number of rotatable bonds is 2. The van der Waals surface area contributed by atoms with Crippen molar-refractivity contribution in [2.75, 3.05) is 0 Å². The largest absolute Gasteiger partial charge is 0.506 e. The van der Waals surface area contributed by atoms with Crippen LogP contribution in [0.2, 0.25) is 0 Å². The molecule has 0 unspecified atom stereocenters. The van der Waals surface area contributed by atoms with E-state index in [-0.39, 0.29) is 33.5 Å². The van der Waals surface area contributed by atoms with Crippen molar-refractivity contribution in [3.8, 4) is 17.0 Å². The standard InChI is InChI=1S/C15H10N2O4/c16-14(19)8-4-3-6-10-11(8)13(18)12(15(20)21-10)9-5-1-2-7-17-9/h1-7,18H,(H2,16,19). The van der Waals surface area contributed by atoms with Gasteiger partial charge in [0.25, 0.3) is 0 Å². The van der Waals surface area contributed by atoms with E-state index < -0.39 is 11.5 Å². The number of fused-ring (bicyclic) bond motifs is 1. The summed E-state index contributed by atoms with van der Waals surface area (Å²) in [6.45, 7) is 0. The summed E-state index contributed by atoms with van der Waals surface area (Å²) in [6, 6.07) is 9.36. The monoisotopic (exact) mass is 282 g/mol. The topological polar surface area (TPSA) is 106 Å². The summed E-state index contributed by atoms with van der Waals surface area (Å²) >= 11 is 0. The molecule has 0 atom stereocenters. The third-order valence-electron chi connectivity index (χ3n) is 3.09. The maximum absolute atomic E-state index is 12.1. The van der Waals surface area contributed by atoms with Crippen molar-refractivity contribution in [2.24, 2.45) is 5.73 Å². The summed E-state index contributed by atoms with van der Waals surface area (Å²) < 4.78 is 5.16. The molecule has 0 radical (unpaired) electrons. The minimum Gasteiger partial charge on any atom is -0.506 e. The number of nitrogens with zero attached hydrogens (tertiary/aromatic N) is 1. The van der Waals surface area contributed by atoms with Crippen molar-refractivity contribution in [3.63, 3.8) is 0 Å². The highest BCUT2D eigenvalue weighted by molar-refractivity contribution is 6.08. The van der Waals surface area contributed by atoms with Crippen LogP contribution in [0.3, 0.4) is 0 Å². The third-order valence-corrected chi connectivity index (χ3v) is 3.09. The number of hydrogen-bond acceptors (Lipinski definition) is 5. The number of carbonyl (C=O) groups is 1. The lowest BCUT2D eigenvalue weighted by Gasteiger charge is -2.08. The number of hydrogen-bond donors (Lipinski definition) is 2. The molecule has 3 N–H and O–H groups in total. The molecule has 2 aromatic heterocycles. The Labute approximate surface area is 118 Å². The molecule has 104 valence electrons. The summed E-state index contributed by atoms with van der Waals surface area (Å²) in [7, 11) is 0. The second kappa shape index (κ2) is 4.75. The van der Waals surface area contributed by atoms with Crippen molar-refractivity contribution in [1.82, 2.24) is 4.98 Å². The number of carbonyl (C=O) groups excluding carboxylic acids is 1. The van der Waals surface area contributed by atoms with Crippen LogP contribution in [0.4, 0.5) is 0 Å². The number of benzene rings is 1. The molecular formula is C15H10N2O4. The van der Waals surface area contributed by atoms with Gasteiger partial charge < -0.3 is 15.3 Å². The Hall–Kier alpha value is -3.15. The number of amides is 1. The molecule has 6 nitrogen and oxygen atoms in total. The van der Waals surface area contributed by atoms with Crippen LogP contribution in [0.5, 0.6) is 5.75 Å². The van der Waals surface area contributed by atoms with Crippen LogP contribution in [0, 0.1) is 0 Å². The first kappa shape index (κ1) is 12.9. The van der Waals surface area contributed by atoms with Crippen LogP contribution < -0.4 is 11.4 Å². The summed E-state index contributed by atoms with van der Waals surface area (Å²) in [4.78, 5) is 27.5. The van der Waals surface area contributed by atoms with Crippen LogP contribution in [0.15, 0.2) is 51.8 Å². The Kier molecular flexibility index (Phi) is 2.91. The van der Waals surface area contributed by atoms with Gasteiger partial charge in [-0.2, -0.15) is 0 Å². The second-order valence-corrected chi connectivity index (χ2v) is 4.37. The van der Waals surface area contributed by atoms with Crippen molar-refractivity contribution >= 4 is 16.9 Å². The molecule has 3 aromatic rings. The van der Waals surface area contributed by atoms with Crippen LogP contribution in [0.25, 0.3) is 22.2 Å². The van der Waals surface area contributed by atoms with Gasteiger partial charge in [0.2, 0.25) is 5.91 Å². The Morgan fingerprint density at radius 1 is 1.19 bits per heavy atom. The van der Waals surface area contributed by atoms with Crippen LogP contribution in [-0.4, -0.2) is 16.0 Å². The molecule has 0 spiro atoms. The smallest absolute Gasteiger partial charge is 0.349 e. The van der Waals surface area contributed by atoms with Crippen LogP contribution in [-0.2, 0) is 0 Å². The molecule has 2 heterocycles. The summed E-state index contributed by atoms with van der Waals surface area (Å²) in [6.07, 6.45) is 1.48. The zero-order valence-electron chi connectivity index (χ0n) is 10.7. The molecule has 0 aliphatic rings. The average molecular weight is 282 g/mol. The highest BCUT2D eigenvalue weighted by Gasteiger charge is 2.20. The SMILES string of the molecule is NC(=O)c1cccc2oc(=O)c(-c3ccccn3)c(O)c12. The molecule has 1 amide bonds. The molecule has 21 heavy (non-hydrogen) atoms. The van der Waals surface area contributed by atoms with Gasteiger partial charge in [0.05, 0.1) is 16.6 Å². The molecule has 0 aliphatic carbocycles. The summed E-state index contributed by atoms with van der Waals surface area (Å²) in [5.74, 6) is -1.09. The lowest BCUT2D eigenvalue weighted by Crippen LogP contribution is -2.13. The van der Waals surface area contributed by atoms with E-state index in [2.05, 4.69) is 4.98 Å². The van der Waals surface area contributed by atoms with Crippen molar-refractivity contribution < 1.29 is 14.3 Å². The number of pyridine rings is 1. The van der Waals surface area contributed by atoms with E-state index in [0.29, 0.717) is 0 Å². The fourth-order valence-electron chi connectivity index (χ4n) is 2.17. The molecular weight excluding hydrogens is 272 g/mol. The molecule has 6 heteroatoms. The Morgan fingerprint density at radius 3 is 2.67 bits per heavy atom. The van der Waals surface area contributed by atoms with E-state index in [9.17, 15) is 14.7 Å². The second-order valence-electron chi connectivity index (χ2n) is 4.37. The van der Waals surface area contributed by atoms with Crippen LogP contribution in [0.1, 0.15) is 10.4 Å². The molecule has 3 rings (SSSR count). The number of aromatic hydroxyl groups is 1. The van der Waals surface area contributed by atoms with E-state index in [1.54, 1.807) is 18.2 Å². The minimum atomic E-state index is -0.736.